The van der Waals surface area contributed by atoms with E-state index < -0.39 is 10.0 Å². The third kappa shape index (κ3) is 4.46. The molecule has 1 heterocycles. The molecule has 2 N–H and O–H groups in total. The Morgan fingerprint density at radius 1 is 1.33 bits per heavy atom. The van der Waals surface area contributed by atoms with Crippen LogP contribution >= 0.6 is 0 Å². The molecular formula is C9H21N3O2S. The van der Waals surface area contributed by atoms with Crippen LogP contribution in [0.5, 0.6) is 0 Å². The summed E-state index contributed by atoms with van der Waals surface area (Å²) in [5, 5.41) is 6.56. The van der Waals surface area contributed by atoms with Gasteiger partial charge in [0.25, 0.3) is 0 Å². The molecule has 1 aliphatic heterocycles. The third-order valence-electron chi connectivity index (χ3n) is 2.69. The van der Waals surface area contributed by atoms with E-state index in [4.69, 9.17) is 0 Å². The Kier molecular flexibility index (Phi) is 4.98. The summed E-state index contributed by atoms with van der Waals surface area (Å²) < 4.78 is 24.2. The van der Waals surface area contributed by atoms with Crippen molar-refractivity contribution < 1.29 is 8.42 Å². The minimum atomic E-state index is -3.04. The molecule has 1 aliphatic rings. The summed E-state index contributed by atoms with van der Waals surface area (Å²) in [4.78, 5) is 0. The molecule has 15 heavy (non-hydrogen) atoms. The quantitative estimate of drug-likeness (QED) is 0.656. The smallest absolute Gasteiger partial charge is 0.214 e. The number of hydrogen-bond acceptors (Lipinski definition) is 4. The van der Waals surface area contributed by atoms with Crippen LogP contribution in [0.2, 0.25) is 0 Å². The van der Waals surface area contributed by atoms with Crippen molar-refractivity contribution in [1.82, 2.24) is 14.9 Å². The first-order valence-electron chi connectivity index (χ1n) is 5.36. The van der Waals surface area contributed by atoms with Crippen molar-refractivity contribution in [2.75, 3.05) is 39.5 Å². The number of rotatable bonds is 5. The van der Waals surface area contributed by atoms with E-state index >= 15 is 0 Å². The molecule has 0 saturated carbocycles. The lowest BCUT2D eigenvalue weighted by Gasteiger charge is -2.24. The van der Waals surface area contributed by atoms with Gasteiger partial charge in [-0.05, 0) is 25.9 Å². The lowest BCUT2D eigenvalue weighted by molar-refractivity contribution is 0.393. The van der Waals surface area contributed by atoms with Gasteiger partial charge in [-0.25, -0.2) is 12.7 Å². The van der Waals surface area contributed by atoms with Crippen molar-refractivity contribution >= 4 is 10.0 Å². The van der Waals surface area contributed by atoms with Gasteiger partial charge in [0, 0.05) is 26.7 Å². The minimum absolute atomic E-state index is 0.184. The Morgan fingerprint density at radius 2 is 1.93 bits per heavy atom. The summed E-state index contributed by atoms with van der Waals surface area (Å²) in [6.07, 6.45) is 2.17. The van der Waals surface area contributed by atoms with Crippen molar-refractivity contribution in [3.8, 4) is 0 Å². The van der Waals surface area contributed by atoms with Crippen LogP contribution in [-0.4, -0.2) is 58.2 Å². The van der Waals surface area contributed by atoms with Gasteiger partial charge in [0.15, 0.2) is 0 Å². The van der Waals surface area contributed by atoms with E-state index in [0.29, 0.717) is 12.6 Å². The average Bonchev–Trinajstić information content (AvgIpc) is 2.19. The molecule has 1 rings (SSSR count). The van der Waals surface area contributed by atoms with Gasteiger partial charge in [-0.1, -0.05) is 0 Å². The van der Waals surface area contributed by atoms with Crippen LogP contribution in [-0.2, 0) is 10.0 Å². The molecule has 6 heteroatoms. The Balaban J connectivity index is 2.20. The number of nitrogens with zero attached hydrogens (tertiary/aromatic N) is 1. The maximum atomic E-state index is 11.4. The lowest BCUT2D eigenvalue weighted by atomic mass is 10.1. The summed E-state index contributed by atoms with van der Waals surface area (Å²) in [6.45, 7) is 2.60. The van der Waals surface area contributed by atoms with E-state index in [1.807, 2.05) is 0 Å². The van der Waals surface area contributed by atoms with Gasteiger partial charge in [0.1, 0.15) is 0 Å². The highest BCUT2D eigenvalue weighted by molar-refractivity contribution is 7.89. The fourth-order valence-electron chi connectivity index (χ4n) is 1.60. The maximum Gasteiger partial charge on any atom is 0.214 e. The molecule has 0 aromatic rings. The number of hydrogen-bond donors (Lipinski definition) is 2. The fourth-order valence-corrected chi connectivity index (χ4v) is 2.34. The van der Waals surface area contributed by atoms with Crippen LogP contribution in [0.3, 0.4) is 0 Å². The Hall–Kier alpha value is -0.170. The predicted molar refractivity (Wildman–Crippen MR) is 61.4 cm³/mol. The van der Waals surface area contributed by atoms with E-state index in [-0.39, 0.29) is 5.75 Å². The van der Waals surface area contributed by atoms with Crippen LogP contribution in [0.15, 0.2) is 0 Å². The van der Waals surface area contributed by atoms with Gasteiger partial charge in [0.05, 0.1) is 5.75 Å². The van der Waals surface area contributed by atoms with Crippen LogP contribution in [0, 0.1) is 0 Å². The van der Waals surface area contributed by atoms with Gasteiger partial charge in [-0.15, -0.1) is 0 Å². The van der Waals surface area contributed by atoms with Gasteiger partial charge < -0.3 is 10.6 Å². The van der Waals surface area contributed by atoms with E-state index in [0.717, 1.165) is 25.9 Å². The molecule has 5 nitrogen and oxygen atoms in total. The third-order valence-corrected chi connectivity index (χ3v) is 4.52. The number of sulfonamides is 1. The van der Waals surface area contributed by atoms with E-state index in [9.17, 15) is 8.42 Å². The van der Waals surface area contributed by atoms with Crippen LogP contribution < -0.4 is 10.6 Å². The first kappa shape index (κ1) is 12.9. The summed E-state index contributed by atoms with van der Waals surface area (Å²) in [5.74, 6) is 0.184. The Morgan fingerprint density at radius 3 is 2.47 bits per heavy atom. The number of piperidine rings is 1. The highest BCUT2D eigenvalue weighted by Crippen LogP contribution is 2.01. The molecule has 0 spiro atoms. The second-order valence-corrected chi connectivity index (χ2v) is 6.38. The molecule has 0 aliphatic carbocycles. The average molecular weight is 235 g/mol. The summed E-state index contributed by atoms with van der Waals surface area (Å²) in [5.41, 5.74) is 0. The molecule has 0 amide bonds. The standard InChI is InChI=1S/C9H21N3O2S/c1-12(2)15(13,14)8-7-11-9-3-5-10-6-4-9/h9-11H,3-8H2,1-2H3. The van der Waals surface area contributed by atoms with Gasteiger partial charge in [-0.3, -0.25) is 0 Å². The molecule has 0 radical (unpaired) electrons. The zero-order valence-electron chi connectivity index (χ0n) is 9.49. The highest BCUT2D eigenvalue weighted by Gasteiger charge is 2.16. The Labute approximate surface area is 92.3 Å². The van der Waals surface area contributed by atoms with Crippen LogP contribution in [0.1, 0.15) is 12.8 Å². The molecule has 1 saturated heterocycles. The second kappa shape index (κ2) is 5.79. The van der Waals surface area contributed by atoms with E-state index in [1.54, 1.807) is 14.1 Å². The molecule has 0 atom stereocenters. The second-order valence-electron chi connectivity index (χ2n) is 4.08. The molecule has 1 fully saturated rings. The first-order chi connectivity index (χ1) is 7.02. The van der Waals surface area contributed by atoms with Crippen molar-refractivity contribution in [3.05, 3.63) is 0 Å². The van der Waals surface area contributed by atoms with Gasteiger partial charge >= 0.3 is 0 Å². The summed E-state index contributed by atoms with van der Waals surface area (Å²) in [7, 11) is 0.0948. The first-order valence-corrected chi connectivity index (χ1v) is 6.97. The monoisotopic (exact) mass is 235 g/mol. The number of nitrogens with one attached hydrogen (secondary N) is 2. The van der Waals surface area contributed by atoms with Crippen molar-refractivity contribution in [1.29, 1.82) is 0 Å². The fraction of sp³-hybridized carbons (Fsp3) is 1.00. The van der Waals surface area contributed by atoms with Crippen LogP contribution in [0.4, 0.5) is 0 Å². The van der Waals surface area contributed by atoms with Crippen LogP contribution in [0.25, 0.3) is 0 Å². The minimum Gasteiger partial charge on any atom is -0.317 e. The zero-order valence-corrected chi connectivity index (χ0v) is 10.3. The summed E-state index contributed by atoms with van der Waals surface area (Å²) >= 11 is 0. The normalized spacial score (nSPS) is 19.7. The summed E-state index contributed by atoms with van der Waals surface area (Å²) in [6, 6.07) is 0.476. The molecule has 0 aromatic heterocycles. The topological polar surface area (TPSA) is 61.4 Å². The molecule has 0 bridgehead atoms. The highest BCUT2D eigenvalue weighted by atomic mass is 32.2. The van der Waals surface area contributed by atoms with Crippen molar-refractivity contribution in [3.63, 3.8) is 0 Å². The van der Waals surface area contributed by atoms with Crippen molar-refractivity contribution in [2.24, 2.45) is 0 Å². The maximum absolute atomic E-state index is 11.4. The molecule has 0 aromatic carbocycles. The lowest BCUT2D eigenvalue weighted by Crippen LogP contribution is -2.42. The zero-order chi connectivity index (χ0) is 11.3. The molecule has 90 valence electrons. The van der Waals surface area contributed by atoms with Gasteiger partial charge in [0.2, 0.25) is 10.0 Å². The Bertz CT molecular complexity index is 271. The molecular weight excluding hydrogens is 214 g/mol. The molecule has 0 unspecified atom stereocenters. The van der Waals surface area contributed by atoms with Crippen molar-refractivity contribution in [2.45, 2.75) is 18.9 Å². The van der Waals surface area contributed by atoms with Gasteiger partial charge in [-0.2, -0.15) is 0 Å². The largest absolute Gasteiger partial charge is 0.317 e. The SMILES string of the molecule is CN(C)S(=O)(=O)CCNC1CCNCC1. The predicted octanol–water partition coefficient (Wildman–Crippen LogP) is -0.781. The van der Waals surface area contributed by atoms with E-state index in [1.165, 1.54) is 4.31 Å². The van der Waals surface area contributed by atoms with E-state index in [2.05, 4.69) is 10.6 Å².